The van der Waals surface area contributed by atoms with Gasteiger partial charge in [0.25, 0.3) is 5.91 Å². The Kier molecular flexibility index (Phi) is 4.99. The number of carbonyl (C=O) groups excluding carboxylic acids is 1. The summed E-state index contributed by atoms with van der Waals surface area (Å²) in [5.41, 5.74) is 1.65. The number of likely N-dealkylation sites (tertiary alicyclic amines) is 1. The van der Waals surface area contributed by atoms with Crippen molar-refractivity contribution in [3.63, 3.8) is 0 Å². The smallest absolute Gasteiger partial charge is 0.259 e. The van der Waals surface area contributed by atoms with Crippen molar-refractivity contribution in [3.05, 3.63) is 53.7 Å². The summed E-state index contributed by atoms with van der Waals surface area (Å²) in [4.78, 5) is 19.0. The lowest BCUT2D eigenvalue weighted by Gasteiger charge is -2.26. The average molecular weight is 326 g/mol. The van der Waals surface area contributed by atoms with Gasteiger partial charge in [0, 0.05) is 18.8 Å². The van der Waals surface area contributed by atoms with Crippen LogP contribution in [-0.2, 0) is 6.42 Å². The molecule has 2 heterocycles. The lowest BCUT2D eigenvalue weighted by atomic mass is 10.0. The molecule has 1 amide bonds. The highest BCUT2D eigenvalue weighted by Crippen LogP contribution is 2.28. The Morgan fingerprint density at radius 3 is 2.83 bits per heavy atom. The zero-order chi connectivity index (χ0) is 16.9. The van der Waals surface area contributed by atoms with Crippen molar-refractivity contribution >= 4 is 5.91 Å². The van der Waals surface area contributed by atoms with E-state index in [1.165, 1.54) is 7.11 Å². The van der Waals surface area contributed by atoms with Crippen LogP contribution in [0.25, 0.3) is 0 Å². The summed E-state index contributed by atoms with van der Waals surface area (Å²) in [7, 11) is 3.21. The predicted octanol–water partition coefficient (Wildman–Crippen LogP) is 2.95. The van der Waals surface area contributed by atoms with E-state index < -0.39 is 0 Å². The lowest BCUT2D eigenvalue weighted by Crippen LogP contribution is -2.37. The van der Waals surface area contributed by atoms with E-state index in [1.807, 2.05) is 23.1 Å². The number of para-hydroxylation sites is 1. The van der Waals surface area contributed by atoms with E-state index in [1.54, 1.807) is 25.4 Å². The Balaban J connectivity index is 1.81. The molecular formula is C19H22N2O3. The first-order valence-corrected chi connectivity index (χ1v) is 8.16. The molecule has 5 heteroatoms. The normalized spacial score (nSPS) is 16.9. The maximum atomic E-state index is 13.0. The van der Waals surface area contributed by atoms with Crippen molar-refractivity contribution in [1.29, 1.82) is 0 Å². The van der Waals surface area contributed by atoms with Gasteiger partial charge in [0.15, 0.2) is 0 Å². The maximum Gasteiger partial charge on any atom is 0.259 e. The van der Waals surface area contributed by atoms with Crippen molar-refractivity contribution in [2.45, 2.75) is 25.3 Å². The zero-order valence-electron chi connectivity index (χ0n) is 14.1. The highest BCUT2D eigenvalue weighted by molar-refractivity contribution is 5.96. The highest BCUT2D eigenvalue weighted by Gasteiger charge is 2.31. The summed E-state index contributed by atoms with van der Waals surface area (Å²) in [6.45, 7) is 0.761. The van der Waals surface area contributed by atoms with E-state index in [2.05, 4.69) is 11.1 Å². The van der Waals surface area contributed by atoms with Crippen LogP contribution in [0.4, 0.5) is 0 Å². The minimum absolute atomic E-state index is 0.0163. The van der Waals surface area contributed by atoms with Gasteiger partial charge in [-0.15, -0.1) is 0 Å². The van der Waals surface area contributed by atoms with Gasteiger partial charge < -0.3 is 14.4 Å². The van der Waals surface area contributed by atoms with Crippen molar-refractivity contribution < 1.29 is 14.3 Å². The average Bonchev–Trinajstić information content (AvgIpc) is 3.09. The summed E-state index contributed by atoms with van der Waals surface area (Å²) < 4.78 is 10.7. The van der Waals surface area contributed by atoms with Gasteiger partial charge in [0.1, 0.15) is 11.3 Å². The largest absolute Gasteiger partial charge is 0.496 e. The van der Waals surface area contributed by atoms with E-state index in [9.17, 15) is 4.79 Å². The number of pyridine rings is 1. The highest BCUT2D eigenvalue weighted by atomic mass is 16.5. The van der Waals surface area contributed by atoms with E-state index in [0.717, 1.165) is 37.1 Å². The second-order valence-electron chi connectivity index (χ2n) is 5.87. The van der Waals surface area contributed by atoms with E-state index in [4.69, 9.17) is 9.47 Å². The molecule has 126 valence electrons. The van der Waals surface area contributed by atoms with Crippen LogP contribution >= 0.6 is 0 Å². The number of methoxy groups -OCH3 is 2. The molecular weight excluding hydrogens is 304 g/mol. The molecule has 2 aromatic rings. The fourth-order valence-corrected chi connectivity index (χ4v) is 3.31. The number of carbonyl (C=O) groups is 1. The van der Waals surface area contributed by atoms with Crippen molar-refractivity contribution in [3.8, 4) is 11.6 Å². The Labute approximate surface area is 142 Å². The minimum atomic E-state index is -0.0163. The summed E-state index contributed by atoms with van der Waals surface area (Å²) in [5.74, 6) is 1.23. The number of hydrogen-bond acceptors (Lipinski definition) is 4. The first kappa shape index (κ1) is 16.3. The van der Waals surface area contributed by atoms with E-state index in [0.29, 0.717) is 11.4 Å². The van der Waals surface area contributed by atoms with Crippen LogP contribution < -0.4 is 9.47 Å². The molecule has 0 bridgehead atoms. The van der Waals surface area contributed by atoms with Crippen molar-refractivity contribution in [2.24, 2.45) is 0 Å². The van der Waals surface area contributed by atoms with Crippen LogP contribution in [0, 0.1) is 0 Å². The first-order chi connectivity index (χ1) is 11.7. The zero-order valence-corrected chi connectivity index (χ0v) is 14.1. The molecule has 3 rings (SSSR count). The summed E-state index contributed by atoms with van der Waals surface area (Å²) in [6.07, 6.45) is 4.42. The lowest BCUT2D eigenvalue weighted by molar-refractivity contribution is 0.0731. The number of amides is 1. The SMILES string of the molecule is COc1ccccc1C[C@@H]1CCCN1C(=O)c1cccnc1OC. The molecule has 0 N–H and O–H groups in total. The van der Waals surface area contributed by atoms with Crippen LogP contribution in [0.5, 0.6) is 11.6 Å². The fourth-order valence-electron chi connectivity index (χ4n) is 3.31. The van der Waals surface area contributed by atoms with Gasteiger partial charge in [-0.3, -0.25) is 4.79 Å². The van der Waals surface area contributed by atoms with Gasteiger partial charge in [-0.05, 0) is 43.0 Å². The molecule has 1 atom stereocenters. The molecule has 1 aromatic heterocycles. The summed E-state index contributed by atoms with van der Waals surface area (Å²) in [5, 5.41) is 0. The molecule has 1 aliphatic rings. The van der Waals surface area contributed by atoms with Gasteiger partial charge in [-0.2, -0.15) is 0 Å². The van der Waals surface area contributed by atoms with Gasteiger partial charge in [-0.25, -0.2) is 4.98 Å². The van der Waals surface area contributed by atoms with Crippen molar-refractivity contribution in [2.75, 3.05) is 20.8 Å². The molecule has 1 aromatic carbocycles. The molecule has 24 heavy (non-hydrogen) atoms. The van der Waals surface area contributed by atoms with Crippen LogP contribution in [-0.4, -0.2) is 42.6 Å². The standard InChI is InChI=1S/C19H22N2O3/c1-23-17-10-4-3-7-14(17)13-15-8-6-12-21(15)19(22)16-9-5-11-20-18(16)24-2/h3-5,7,9-11,15H,6,8,12-13H2,1-2H3/t15-/m0/s1. The number of benzene rings is 1. The molecule has 1 aliphatic heterocycles. The number of ether oxygens (including phenoxy) is 2. The maximum absolute atomic E-state index is 13.0. The molecule has 0 aliphatic carbocycles. The quantitative estimate of drug-likeness (QED) is 0.848. The fraction of sp³-hybridized carbons (Fsp3) is 0.368. The Bertz CT molecular complexity index is 717. The van der Waals surface area contributed by atoms with Crippen LogP contribution in [0.15, 0.2) is 42.6 Å². The second-order valence-corrected chi connectivity index (χ2v) is 5.87. The molecule has 1 saturated heterocycles. The van der Waals surface area contributed by atoms with Crippen molar-refractivity contribution in [1.82, 2.24) is 9.88 Å². The summed E-state index contributed by atoms with van der Waals surface area (Å²) in [6, 6.07) is 11.7. The van der Waals surface area contributed by atoms with E-state index >= 15 is 0 Å². The van der Waals surface area contributed by atoms with Crippen LogP contribution in [0.3, 0.4) is 0 Å². The van der Waals surface area contributed by atoms with Gasteiger partial charge in [0.2, 0.25) is 5.88 Å². The summed E-state index contributed by atoms with van der Waals surface area (Å²) >= 11 is 0. The molecule has 0 radical (unpaired) electrons. The third-order valence-electron chi connectivity index (χ3n) is 4.48. The van der Waals surface area contributed by atoms with Gasteiger partial charge >= 0.3 is 0 Å². The predicted molar refractivity (Wildman–Crippen MR) is 91.5 cm³/mol. The minimum Gasteiger partial charge on any atom is -0.496 e. The molecule has 0 unspecified atom stereocenters. The first-order valence-electron chi connectivity index (χ1n) is 8.16. The number of nitrogens with zero attached hydrogens (tertiary/aromatic N) is 2. The third kappa shape index (κ3) is 3.20. The molecule has 0 saturated carbocycles. The topological polar surface area (TPSA) is 51.7 Å². The molecule has 1 fully saturated rings. The third-order valence-corrected chi connectivity index (χ3v) is 4.48. The number of aromatic nitrogens is 1. The van der Waals surface area contributed by atoms with Crippen LogP contribution in [0.1, 0.15) is 28.8 Å². The molecule has 0 spiro atoms. The Hall–Kier alpha value is -2.56. The Morgan fingerprint density at radius 1 is 1.21 bits per heavy atom. The monoisotopic (exact) mass is 326 g/mol. The van der Waals surface area contributed by atoms with Gasteiger partial charge in [0.05, 0.1) is 14.2 Å². The molecule has 5 nitrogen and oxygen atoms in total. The van der Waals surface area contributed by atoms with E-state index in [-0.39, 0.29) is 11.9 Å². The van der Waals surface area contributed by atoms with Crippen LogP contribution in [0.2, 0.25) is 0 Å². The van der Waals surface area contributed by atoms with Gasteiger partial charge in [-0.1, -0.05) is 18.2 Å². The number of rotatable bonds is 5. The number of hydrogen-bond donors (Lipinski definition) is 0. The Morgan fingerprint density at radius 2 is 2.04 bits per heavy atom. The second kappa shape index (κ2) is 7.34.